The van der Waals surface area contributed by atoms with Crippen LogP contribution in [0.2, 0.25) is 0 Å². The summed E-state index contributed by atoms with van der Waals surface area (Å²) in [6.07, 6.45) is 5.33. The van der Waals surface area contributed by atoms with Gasteiger partial charge in [-0.25, -0.2) is 8.42 Å². The second-order valence-electron chi connectivity index (χ2n) is 6.04. The van der Waals surface area contributed by atoms with Crippen molar-refractivity contribution in [3.8, 4) is 0 Å². The van der Waals surface area contributed by atoms with E-state index in [-0.39, 0.29) is 30.0 Å². The first kappa shape index (κ1) is 15.8. The van der Waals surface area contributed by atoms with Crippen molar-refractivity contribution in [2.75, 3.05) is 18.1 Å². The van der Waals surface area contributed by atoms with Crippen molar-refractivity contribution in [3.05, 3.63) is 42.1 Å². The number of nitrogens with zero attached hydrogens (tertiary/aromatic N) is 2. The lowest BCUT2D eigenvalue weighted by Gasteiger charge is -2.32. The zero-order chi connectivity index (χ0) is 16.6. The van der Waals surface area contributed by atoms with Gasteiger partial charge < -0.3 is 9.47 Å². The Morgan fingerprint density at radius 2 is 2.04 bits per heavy atom. The number of para-hydroxylation sites is 1. The highest BCUT2D eigenvalue weighted by Crippen LogP contribution is 2.21. The Labute approximate surface area is 136 Å². The highest BCUT2D eigenvalue weighted by molar-refractivity contribution is 7.91. The summed E-state index contributed by atoms with van der Waals surface area (Å²) in [4.78, 5) is 14.0. The lowest BCUT2D eigenvalue weighted by Crippen LogP contribution is -2.49. The van der Waals surface area contributed by atoms with E-state index in [4.69, 9.17) is 0 Å². The van der Waals surface area contributed by atoms with Gasteiger partial charge in [-0.05, 0) is 19.1 Å². The summed E-state index contributed by atoms with van der Waals surface area (Å²) < 4.78 is 25.2. The number of fused-ring (bicyclic) bond motifs is 1. The van der Waals surface area contributed by atoms with Gasteiger partial charge in [-0.1, -0.05) is 18.2 Å². The maximum absolute atomic E-state index is 12.4. The quantitative estimate of drug-likeness (QED) is 0.789. The molecular formula is C17H20N2O3S. The van der Waals surface area contributed by atoms with Crippen LogP contribution in [0.15, 0.2) is 36.5 Å². The highest BCUT2D eigenvalue weighted by Gasteiger charge is 2.30. The second kappa shape index (κ2) is 5.85. The van der Waals surface area contributed by atoms with Gasteiger partial charge in [0, 0.05) is 48.4 Å². The molecule has 1 aliphatic rings. The SMILES string of the molecule is C[C@H]1CS(=O)(=O)CCN1C(=O)/C=C/c1cn(C)c2ccccc12. The molecular weight excluding hydrogens is 312 g/mol. The third-order valence-electron chi connectivity index (χ3n) is 4.29. The Kier molecular flexibility index (Phi) is 4.02. The minimum Gasteiger partial charge on any atom is -0.350 e. The topological polar surface area (TPSA) is 59.4 Å². The number of carbonyl (C=O) groups is 1. The van der Waals surface area contributed by atoms with Crippen LogP contribution in [0.5, 0.6) is 0 Å². The molecule has 122 valence electrons. The molecule has 1 saturated heterocycles. The zero-order valence-corrected chi connectivity index (χ0v) is 14.1. The summed E-state index contributed by atoms with van der Waals surface area (Å²) >= 11 is 0. The first-order valence-corrected chi connectivity index (χ1v) is 9.43. The lowest BCUT2D eigenvalue weighted by atomic mass is 10.1. The average Bonchev–Trinajstić information content (AvgIpc) is 2.81. The zero-order valence-electron chi connectivity index (χ0n) is 13.3. The Bertz CT molecular complexity index is 880. The number of sulfone groups is 1. The summed E-state index contributed by atoms with van der Waals surface area (Å²) in [5.74, 6) is -0.0493. The van der Waals surface area contributed by atoms with Crippen LogP contribution in [0.3, 0.4) is 0 Å². The van der Waals surface area contributed by atoms with Crippen LogP contribution in [0.25, 0.3) is 17.0 Å². The number of amides is 1. The van der Waals surface area contributed by atoms with E-state index in [0.717, 1.165) is 16.5 Å². The van der Waals surface area contributed by atoms with E-state index in [1.165, 1.54) is 6.08 Å². The number of hydrogen-bond donors (Lipinski definition) is 0. The summed E-state index contributed by atoms with van der Waals surface area (Å²) in [6.45, 7) is 2.04. The monoisotopic (exact) mass is 332 g/mol. The van der Waals surface area contributed by atoms with Crippen molar-refractivity contribution in [1.29, 1.82) is 0 Å². The van der Waals surface area contributed by atoms with Crippen LogP contribution in [-0.2, 0) is 21.7 Å². The van der Waals surface area contributed by atoms with Crippen LogP contribution in [-0.4, -0.2) is 47.9 Å². The standard InChI is InChI=1S/C17H20N2O3S/c1-13-12-23(21,22)10-9-19(13)17(20)8-7-14-11-18(2)16-6-4-3-5-15(14)16/h3-8,11,13H,9-10,12H2,1-2H3/b8-7+/t13-/m0/s1. The summed E-state index contributed by atoms with van der Waals surface area (Å²) in [5.41, 5.74) is 2.09. The molecule has 1 aromatic heterocycles. The number of benzene rings is 1. The van der Waals surface area contributed by atoms with Crippen molar-refractivity contribution < 1.29 is 13.2 Å². The number of rotatable bonds is 2. The van der Waals surface area contributed by atoms with Crippen LogP contribution >= 0.6 is 0 Å². The minimum atomic E-state index is -3.01. The van der Waals surface area contributed by atoms with Crippen molar-refractivity contribution in [1.82, 2.24) is 9.47 Å². The molecule has 0 unspecified atom stereocenters. The van der Waals surface area contributed by atoms with E-state index in [2.05, 4.69) is 0 Å². The fourth-order valence-corrected chi connectivity index (χ4v) is 4.65. The average molecular weight is 332 g/mol. The van der Waals surface area contributed by atoms with Crippen LogP contribution in [0.4, 0.5) is 0 Å². The Morgan fingerprint density at radius 1 is 1.30 bits per heavy atom. The van der Waals surface area contributed by atoms with Gasteiger partial charge in [-0.2, -0.15) is 0 Å². The Morgan fingerprint density at radius 3 is 2.78 bits per heavy atom. The normalized spacial score (nSPS) is 21.1. The molecule has 1 atom stereocenters. The molecule has 0 bridgehead atoms. The second-order valence-corrected chi connectivity index (χ2v) is 8.27. The van der Waals surface area contributed by atoms with E-state index in [1.54, 1.807) is 17.9 Å². The maximum Gasteiger partial charge on any atom is 0.246 e. The van der Waals surface area contributed by atoms with Crippen molar-refractivity contribution >= 4 is 32.7 Å². The van der Waals surface area contributed by atoms with E-state index in [1.807, 2.05) is 42.1 Å². The minimum absolute atomic E-state index is 0.0425. The number of carbonyl (C=O) groups excluding carboxylic acids is 1. The summed E-state index contributed by atoms with van der Waals surface area (Å²) in [5, 5.41) is 1.09. The fourth-order valence-electron chi connectivity index (χ4n) is 3.09. The molecule has 1 amide bonds. The van der Waals surface area contributed by atoms with E-state index >= 15 is 0 Å². The van der Waals surface area contributed by atoms with Gasteiger partial charge in [0.1, 0.15) is 0 Å². The summed E-state index contributed by atoms with van der Waals surface area (Å²) in [6, 6.07) is 7.73. The Balaban J connectivity index is 1.81. The molecule has 0 aliphatic carbocycles. The van der Waals surface area contributed by atoms with E-state index in [9.17, 15) is 13.2 Å². The van der Waals surface area contributed by atoms with Crippen LogP contribution < -0.4 is 0 Å². The van der Waals surface area contributed by atoms with Gasteiger partial charge in [-0.3, -0.25) is 4.79 Å². The fraction of sp³-hybridized carbons (Fsp3) is 0.353. The molecule has 5 nitrogen and oxygen atoms in total. The summed E-state index contributed by atoms with van der Waals surface area (Å²) in [7, 11) is -1.04. The molecule has 1 aromatic carbocycles. The number of aryl methyl sites for hydroxylation is 1. The van der Waals surface area contributed by atoms with Crippen molar-refractivity contribution in [2.24, 2.45) is 7.05 Å². The molecule has 0 spiro atoms. The van der Waals surface area contributed by atoms with Crippen molar-refractivity contribution in [2.45, 2.75) is 13.0 Å². The Hall–Kier alpha value is -2.08. The van der Waals surface area contributed by atoms with Gasteiger partial charge in [0.05, 0.1) is 11.5 Å². The predicted octanol–water partition coefficient (Wildman–Crippen LogP) is 1.84. The molecule has 2 aromatic rings. The van der Waals surface area contributed by atoms with Crippen molar-refractivity contribution in [3.63, 3.8) is 0 Å². The molecule has 3 rings (SSSR count). The predicted molar refractivity (Wildman–Crippen MR) is 91.8 cm³/mol. The lowest BCUT2D eigenvalue weighted by molar-refractivity contribution is -0.127. The largest absolute Gasteiger partial charge is 0.350 e. The number of aromatic nitrogens is 1. The molecule has 1 fully saturated rings. The molecule has 1 aliphatic heterocycles. The third-order valence-corrected chi connectivity index (χ3v) is 6.08. The van der Waals surface area contributed by atoms with E-state index in [0.29, 0.717) is 0 Å². The van der Waals surface area contributed by atoms with Crippen LogP contribution in [0.1, 0.15) is 12.5 Å². The first-order valence-electron chi connectivity index (χ1n) is 7.60. The molecule has 6 heteroatoms. The first-order chi connectivity index (χ1) is 10.9. The van der Waals surface area contributed by atoms with E-state index < -0.39 is 9.84 Å². The maximum atomic E-state index is 12.4. The molecule has 0 N–H and O–H groups in total. The molecule has 0 radical (unpaired) electrons. The molecule has 0 saturated carbocycles. The van der Waals surface area contributed by atoms with Gasteiger partial charge >= 0.3 is 0 Å². The molecule has 23 heavy (non-hydrogen) atoms. The van der Waals surface area contributed by atoms with Gasteiger partial charge in [0.2, 0.25) is 5.91 Å². The number of hydrogen-bond acceptors (Lipinski definition) is 3. The van der Waals surface area contributed by atoms with Gasteiger partial charge in [0.25, 0.3) is 0 Å². The smallest absolute Gasteiger partial charge is 0.246 e. The van der Waals surface area contributed by atoms with Gasteiger partial charge in [-0.15, -0.1) is 0 Å². The molecule has 2 heterocycles. The van der Waals surface area contributed by atoms with Crippen LogP contribution in [0, 0.1) is 0 Å². The van der Waals surface area contributed by atoms with Gasteiger partial charge in [0.15, 0.2) is 9.84 Å². The third kappa shape index (κ3) is 3.17. The highest BCUT2D eigenvalue weighted by atomic mass is 32.2.